The maximum atomic E-state index is 5.25. The monoisotopic (exact) mass is 522 g/mol. The van der Waals surface area contributed by atoms with Crippen LogP contribution >= 0.6 is 0 Å². The fourth-order valence-corrected chi connectivity index (χ4v) is 6.20. The van der Waals surface area contributed by atoms with Crippen LogP contribution in [-0.2, 0) is 6.42 Å². The summed E-state index contributed by atoms with van der Waals surface area (Å²) in [6, 6.07) is 51.5. The minimum Gasteiger partial charge on any atom is -0.228 e. The summed E-state index contributed by atoms with van der Waals surface area (Å²) in [6.45, 7) is 0. The first-order valence-corrected chi connectivity index (χ1v) is 14.1. The van der Waals surface area contributed by atoms with E-state index in [1.54, 1.807) is 0 Å². The van der Waals surface area contributed by atoms with E-state index in [-0.39, 0.29) is 0 Å². The number of nitrogens with zero attached hydrogens (tertiary/aromatic N) is 2. The Hall–Kier alpha value is -5.34. The van der Waals surface area contributed by atoms with E-state index in [4.69, 9.17) is 9.97 Å². The van der Waals surface area contributed by atoms with Gasteiger partial charge in [0.2, 0.25) is 0 Å². The molecule has 0 unspecified atom stereocenters. The number of hydrogen-bond acceptors (Lipinski definition) is 2. The van der Waals surface area contributed by atoms with E-state index in [0.717, 1.165) is 40.0 Å². The number of fused-ring (bicyclic) bond motifs is 4. The molecule has 0 N–H and O–H groups in total. The lowest BCUT2D eigenvalue weighted by Gasteiger charge is -2.12. The molecule has 0 atom stereocenters. The van der Waals surface area contributed by atoms with E-state index < -0.39 is 0 Å². The smallest absolute Gasteiger partial charge is 0.160 e. The lowest BCUT2D eigenvalue weighted by molar-refractivity contribution is 1.19. The predicted molar refractivity (Wildman–Crippen MR) is 170 cm³/mol. The van der Waals surface area contributed by atoms with Crippen LogP contribution in [0.4, 0.5) is 0 Å². The van der Waals surface area contributed by atoms with Crippen molar-refractivity contribution in [1.82, 2.24) is 9.97 Å². The quantitative estimate of drug-likeness (QED) is 0.230. The molecule has 2 heteroatoms. The lowest BCUT2D eigenvalue weighted by atomic mass is 9.96. The zero-order valence-electron chi connectivity index (χ0n) is 22.5. The normalized spacial score (nSPS) is 11.8. The first kappa shape index (κ1) is 23.5. The Morgan fingerprint density at radius 3 is 1.63 bits per heavy atom. The van der Waals surface area contributed by atoms with Gasteiger partial charge in [-0.3, -0.25) is 0 Å². The third-order valence-corrected chi connectivity index (χ3v) is 8.19. The van der Waals surface area contributed by atoms with Gasteiger partial charge in [0, 0.05) is 22.9 Å². The highest BCUT2D eigenvalue weighted by Gasteiger charge is 2.25. The molecule has 1 aliphatic carbocycles. The molecular weight excluding hydrogens is 496 g/mol. The van der Waals surface area contributed by atoms with Crippen LogP contribution in [0.25, 0.3) is 66.9 Å². The second kappa shape index (κ2) is 9.69. The standard InChI is InChI=1S/C39H26N2/c1-3-11-26(12-4-1)27-21-23-29(24-22-27)38-34-15-7-8-20-37(34)40-39(41-38)33-19-10-18-32-31-17-9-16-30(35(31)25-36(32)33)28-13-5-2-6-14-28/h1-24H,25H2. The van der Waals surface area contributed by atoms with Gasteiger partial charge in [0.1, 0.15) is 0 Å². The van der Waals surface area contributed by atoms with Gasteiger partial charge in [-0.25, -0.2) is 9.97 Å². The van der Waals surface area contributed by atoms with Crippen molar-refractivity contribution in [2.75, 3.05) is 0 Å². The molecule has 0 amide bonds. The van der Waals surface area contributed by atoms with Crippen LogP contribution in [0.15, 0.2) is 146 Å². The second-order valence-electron chi connectivity index (χ2n) is 10.6. The number of hydrogen-bond donors (Lipinski definition) is 0. The van der Waals surface area contributed by atoms with Crippen LogP contribution in [-0.4, -0.2) is 9.97 Å². The van der Waals surface area contributed by atoms with E-state index in [0.29, 0.717) is 0 Å². The van der Waals surface area contributed by atoms with E-state index in [1.807, 2.05) is 6.07 Å². The van der Waals surface area contributed by atoms with Gasteiger partial charge in [-0.2, -0.15) is 0 Å². The average Bonchev–Trinajstić information content (AvgIpc) is 3.44. The summed E-state index contributed by atoms with van der Waals surface area (Å²) < 4.78 is 0. The molecular formula is C39H26N2. The molecule has 0 radical (unpaired) electrons. The zero-order chi connectivity index (χ0) is 27.2. The topological polar surface area (TPSA) is 25.8 Å². The minimum atomic E-state index is 0.775. The van der Waals surface area contributed by atoms with E-state index in [1.165, 1.54) is 44.5 Å². The molecule has 1 aliphatic rings. The third-order valence-electron chi connectivity index (χ3n) is 8.19. The van der Waals surface area contributed by atoms with Crippen LogP contribution in [0.3, 0.4) is 0 Å². The molecule has 0 bridgehead atoms. The van der Waals surface area contributed by atoms with Gasteiger partial charge < -0.3 is 0 Å². The van der Waals surface area contributed by atoms with Crippen molar-refractivity contribution in [3.8, 4) is 56.0 Å². The third kappa shape index (κ3) is 4.04. The fraction of sp³-hybridized carbons (Fsp3) is 0.0256. The van der Waals surface area contributed by atoms with Crippen LogP contribution < -0.4 is 0 Å². The molecule has 0 saturated carbocycles. The molecule has 2 nitrogen and oxygen atoms in total. The van der Waals surface area contributed by atoms with Crippen LogP contribution in [0, 0.1) is 0 Å². The Labute approximate surface area is 239 Å². The van der Waals surface area contributed by atoms with Crippen molar-refractivity contribution in [3.05, 3.63) is 157 Å². The maximum Gasteiger partial charge on any atom is 0.160 e. The Morgan fingerprint density at radius 2 is 0.902 bits per heavy atom. The van der Waals surface area contributed by atoms with Gasteiger partial charge in [-0.05, 0) is 50.6 Å². The Balaban J connectivity index is 1.26. The highest BCUT2D eigenvalue weighted by Crippen LogP contribution is 2.45. The maximum absolute atomic E-state index is 5.25. The molecule has 1 aromatic heterocycles. The minimum absolute atomic E-state index is 0.775. The van der Waals surface area contributed by atoms with Crippen molar-refractivity contribution in [2.24, 2.45) is 0 Å². The number of aromatic nitrogens is 2. The zero-order valence-corrected chi connectivity index (χ0v) is 22.5. The van der Waals surface area contributed by atoms with Crippen molar-refractivity contribution in [3.63, 3.8) is 0 Å². The Bertz CT molecular complexity index is 2040. The molecule has 6 aromatic carbocycles. The highest BCUT2D eigenvalue weighted by molar-refractivity contribution is 5.95. The average molecular weight is 523 g/mol. The first-order valence-electron chi connectivity index (χ1n) is 14.1. The lowest BCUT2D eigenvalue weighted by Crippen LogP contribution is -1.98. The largest absolute Gasteiger partial charge is 0.228 e. The Kier molecular flexibility index (Phi) is 5.56. The highest BCUT2D eigenvalue weighted by atomic mass is 14.9. The van der Waals surface area contributed by atoms with Crippen molar-refractivity contribution in [1.29, 1.82) is 0 Å². The van der Waals surface area contributed by atoms with E-state index >= 15 is 0 Å². The first-order chi connectivity index (χ1) is 20.3. The molecule has 7 aromatic rings. The molecule has 0 saturated heterocycles. The molecule has 192 valence electrons. The van der Waals surface area contributed by atoms with Crippen LogP contribution in [0.2, 0.25) is 0 Å². The summed E-state index contributed by atoms with van der Waals surface area (Å²) in [5.41, 5.74) is 14.3. The van der Waals surface area contributed by atoms with Gasteiger partial charge >= 0.3 is 0 Å². The molecule has 8 rings (SSSR count). The van der Waals surface area contributed by atoms with Crippen LogP contribution in [0.1, 0.15) is 11.1 Å². The molecule has 0 fully saturated rings. The van der Waals surface area contributed by atoms with Gasteiger partial charge in [-0.15, -0.1) is 0 Å². The SMILES string of the molecule is c1ccc(-c2ccc(-c3nc(-c4cccc5c4Cc4c(-c6ccccc6)cccc4-5)nc4ccccc34)cc2)cc1. The molecule has 1 heterocycles. The summed E-state index contributed by atoms with van der Waals surface area (Å²) in [6.07, 6.45) is 0.864. The van der Waals surface area contributed by atoms with Gasteiger partial charge in [0.05, 0.1) is 11.2 Å². The summed E-state index contributed by atoms with van der Waals surface area (Å²) in [5.74, 6) is 0.775. The molecule has 0 spiro atoms. The number of rotatable bonds is 4. The molecule has 41 heavy (non-hydrogen) atoms. The van der Waals surface area contributed by atoms with Crippen molar-refractivity contribution >= 4 is 10.9 Å². The summed E-state index contributed by atoms with van der Waals surface area (Å²) in [7, 11) is 0. The van der Waals surface area contributed by atoms with Gasteiger partial charge in [-0.1, -0.05) is 140 Å². The van der Waals surface area contributed by atoms with Gasteiger partial charge in [0.15, 0.2) is 5.82 Å². The van der Waals surface area contributed by atoms with E-state index in [2.05, 4.69) is 140 Å². The fourth-order valence-electron chi connectivity index (χ4n) is 6.20. The van der Waals surface area contributed by atoms with Crippen molar-refractivity contribution < 1.29 is 0 Å². The van der Waals surface area contributed by atoms with Gasteiger partial charge in [0.25, 0.3) is 0 Å². The summed E-state index contributed by atoms with van der Waals surface area (Å²) >= 11 is 0. The molecule has 0 aliphatic heterocycles. The summed E-state index contributed by atoms with van der Waals surface area (Å²) in [4.78, 5) is 10.4. The van der Waals surface area contributed by atoms with E-state index in [9.17, 15) is 0 Å². The number of para-hydroxylation sites is 1. The van der Waals surface area contributed by atoms with Crippen LogP contribution in [0.5, 0.6) is 0 Å². The summed E-state index contributed by atoms with van der Waals surface area (Å²) in [5, 5.41) is 1.06. The predicted octanol–water partition coefficient (Wildman–Crippen LogP) is 9.87. The van der Waals surface area contributed by atoms with Crippen molar-refractivity contribution in [2.45, 2.75) is 6.42 Å². The number of benzene rings is 6. The Morgan fingerprint density at radius 1 is 0.366 bits per heavy atom. The second-order valence-corrected chi connectivity index (χ2v) is 10.6.